The maximum Gasteiger partial charge on any atom is 0.226 e. The van der Waals surface area contributed by atoms with Crippen LogP contribution in [-0.2, 0) is 9.53 Å². The van der Waals surface area contributed by atoms with Crippen molar-refractivity contribution < 1.29 is 9.53 Å². The molecule has 0 bridgehead atoms. The van der Waals surface area contributed by atoms with Crippen LogP contribution in [0.1, 0.15) is 38.9 Å². The Hall–Kier alpha value is -1.46. The number of aromatic nitrogens is 1. The van der Waals surface area contributed by atoms with E-state index in [1.807, 2.05) is 19.1 Å². The molecule has 0 saturated carbocycles. The van der Waals surface area contributed by atoms with Crippen molar-refractivity contribution in [2.75, 3.05) is 20.2 Å². The van der Waals surface area contributed by atoms with Crippen LogP contribution in [0.5, 0.6) is 0 Å². The number of nitrogens with zero attached hydrogens (tertiary/aromatic N) is 2. The molecule has 5 nitrogen and oxygen atoms in total. The summed E-state index contributed by atoms with van der Waals surface area (Å²) in [7, 11) is 2.07. The minimum Gasteiger partial charge on any atom is -0.373 e. The van der Waals surface area contributed by atoms with Crippen LogP contribution in [0.2, 0.25) is 0 Å². The predicted molar refractivity (Wildman–Crippen MR) is 86.4 cm³/mol. The molecule has 22 heavy (non-hydrogen) atoms. The van der Waals surface area contributed by atoms with Crippen molar-refractivity contribution in [3.8, 4) is 0 Å². The summed E-state index contributed by atoms with van der Waals surface area (Å²) in [6.07, 6.45) is 4.10. The molecule has 1 aromatic heterocycles. The number of pyridine rings is 1. The van der Waals surface area contributed by atoms with Gasteiger partial charge in [0.25, 0.3) is 0 Å². The second kappa shape index (κ2) is 7.70. The van der Waals surface area contributed by atoms with E-state index in [9.17, 15) is 4.79 Å². The quantitative estimate of drug-likeness (QED) is 0.873. The lowest BCUT2D eigenvalue weighted by Crippen LogP contribution is -2.45. The Kier molecular flexibility index (Phi) is 5.91. The number of amides is 1. The minimum atomic E-state index is -0.177. The molecule has 0 aromatic carbocycles. The molecule has 0 spiro atoms. The number of carbonyl (C=O) groups is 1. The smallest absolute Gasteiger partial charge is 0.226 e. The molecule has 1 saturated heterocycles. The summed E-state index contributed by atoms with van der Waals surface area (Å²) in [5.41, 5.74) is 0.979. The lowest BCUT2D eigenvalue weighted by molar-refractivity contribution is -0.127. The molecule has 1 N–H and O–H groups in total. The maximum atomic E-state index is 12.6. The third-order valence-electron chi connectivity index (χ3n) is 4.27. The summed E-state index contributed by atoms with van der Waals surface area (Å²) >= 11 is 0. The highest BCUT2D eigenvalue weighted by Crippen LogP contribution is 2.34. The first-order valence-corrected chi connectivity index (χ1v) is 8.01. The van der Waals surface area contributed by atoms with Crippen LogP contribution in [0.4, 0.5) is 0 Å². The van der Waals surface area contributed by atoms with Crippen molar-refractivity contribution in [2.24, 2.45) is 5.92 Å². The maximum absolute atomic E-state index is 12.6. The van der Waals surface area contributed by atoms with Gasteiger partial charge in [-0.05, 0) is 45.9 Å². The van der Waals surface area contributed by atoms with Crippen LogP contribution in [0.25, 0.3) is 0 Å². The van der Waals surface area contributed by atoms with Gasteiger partial charge in [0.2, 0.25) is 5.91 Å². The van der Waals surface area contributed by atoms with E-state index in [1.165, 1.54) is 0 Å². The largest absolute Gasteiger partial charge is 0.373 e. The molecular weight excluding hydrogens is 278 g/mol. The predicted octanol–water partition coefficient (Wildman–Crippen LogP) is 2.00. The summed E-state index contributed by atoms with van der Waals surface area (Å²) < 4.78 is 5.76. The Morgan fingerprint density at radius 3 is 2.91 bits per heavy atom. The van der Waals surface area contributed by atoms with Crippen LogP contribution >= 0.6 is 0 Å². The molecular formula is C17H27N3O2. The van der Waals surface area contributed by atoms with Crippen molar-refractivity contribution in [1.29, 1.82) is 0 Å². The SMILES string of the molecule is CC(C)N(C)C[C@H](C)NC(=O)[C@H]1CCO[C@@H]1c1cccnc1. The molecule has 1 aliphatic heterocycles. The first-order chi connectivity index (χ1) is 10.5. The molecule has 1 amide bonds. The summed E-state index contributed by atoms with van der Waals surface area (Å²) in [6.45, 7) is 7.81. The number of nitrogens with one attached hydrogen (secondary N) is 1. The molecule has 1 aliphatic rings. The van der Waals surface area contributed by atoms with E-state index in [4.69, 9.17) is 4.74 Å². The molecule has 0 aliphatic carbocycles. The van der Waals surface area contributed by atoms with Gasteiger partial charge in [0.1, 0.15) is 0 Å². The lowest BCUT2D eigenvalue weighted by atomic mass is 9.95. The third-order valence-corrected chi connectivity index (χ3v) is 4.27. The van der Waals surface area contributed by atoms with Crippen LogP contribution in [0.15, 0.2) is 24.5 Å². The Morgan fingerprint density at radius 1 is 1.50 bits per heavy atom. The fourth-order valence-corrected chi connectivity index (χ4v) is 2.77. The van der Waals surface area contributed by atoms with Crippen molar-refractivity contribution in [2.45, 2.75) is 45.4 Å². The van der Waals surface area contributed by atoms with E-state index in [2.05, 4.69) is 36.1 Å². The topological polar surface area (TPSA) is 54.5 Å². The Bertz CT molecular complexity index is 478. The van der Waals surface area contributed by atoms with Gasteiger partial charge in [0.05, 0.1) is 12.0 Å². The van der Waals surface area contributed by atoms with Gasteiger partial charge < -0.3 is 15.0 Å². The van der Waals surface area contributed by atoms with E-state index in [0.717, 1.165) is 18.5 Å². The fraction of sp³-hybridized carbons (Fsp3) is 0.647. The normalized spacial score (nSPS) is 23.0. The Labute approximate surface area is 133 Å². The van der Waals surface area contributed by atoms with Gasteiger partial charge in [-0.1, -0.05) is 6.07 Å². The highest BCUT2D eigenvalue weighted by atomic mass is 16.5. The van der Waals surface area contributed by atoms with E-state index in [1.54, 1.807) is 12.4 Å². The second-order valence-corrected chi connectivity index (χ2v) is 6.42. The zero-order valence-electron chi connectivity index (χ0n) is 14.0. The number of ether oxygens (including phenoxy) is 1. The van der Waals surface area contributed by atoms with E-state index >= 15 is 0 Å². The number of hydrogen-bond donors (Lipinski definition) is 1. The van der Waals surface area contributed by atoms with Crippen LogP contribution in [0, 0.1) is 5.92 Å². The van der Waals surface area contributed by atoms with Crippen LogP contribution in [-0.4, -0.2) is 48.1 Å². The summed E-state index contributed by atoms with van der Waals surface area (Å²) in [6, 6.07) is 4.44. The van der Waals surface area contributed by atoms with Gasteiger partial charge in [-0.25, -0.2) is 0 Å². The number of hydrogen-bond acceptors (Lipinski definition) is 4. The van der Waals surface area contributed by atoms with Crippen molar-refractivity contribution in [3.63, 3.8) is 0 Å². The molecule has 122 valence electrons. The minimum absolute atomic E-state index is 0.0796. The summed E-state index contributed by atoms with van der Waals surface area (Å²) in [4.78, 5) is 18.9. The molecule has 1 fully saturated rings. The highest BCUT2D eigenvalue weighted by molar-refractivity contribution is 5.80. The van der Waals surface area contributed by atoms with E-state index < -0.39 is 0 Å². The molecule has 0 radical (unpaired) electrons. The van der Waals surface area contributed by atoms with Crippen LogP contribution < -0.4 is 5.32 Å². The Balaban J connectivity index is 1.94. The number of carbonyl (C=O) groups excluding carboxylic acids is 1. The molecule has 0 unspecified atom stereocenters. The highest BCUT2D eigenvalue weighted by Gasteiger charge is 2.35. The van der Waals surface area contributed by atoms with Gasteiger partial charge in [-0.3, -0.25) is 9.78 Å². The number of likely N-dealkylation sites (N-methyl/N-ethyl adjacent to an activating group) is 1. The molecule has 2 heterocycles. The van der Waals surface area contributed by atoms with E-state index in [0.29, 0.717) is 12.6 Å². The van der Waals surface area contributed by atoms with Gasteiger partial charge >= 0.3 is 0 Å². The van der Waals surface area contributed by atoms with Gasteiger partial charge in [0.15, 0.2) is 0 Å². The average molecular weight is 305 g/mol. The van der Waals surface area contributed by atoms with Gasteiger partial charge in [-0.15, -0.1) is 0 Å². The van der Waals surface area contributed by atoms with E-state index in [-0.39, 0.29) is 24.0 Å². The van der Waals surface area contributed by atoms with Crippen molar-refractivity contribution in [1.82, 2.24) is 15.2 Å². The number of rotatable bonds is 6. The monoisotopic (exact) mass is 305 g/mol. The first-order valence-electron chi connectivity index (χ1n) is 8.01. The third kappa shape index (κ3) is 4.27. The summed E-state index contributed by atoms with van der Waals surface area (Å²) in [5, 5.41) is 3.13. The summed E-state index contributed by atoms with van der Waals surface area (Å²) in [5.74, 6) is -0.0491. The van der Waals surface area contributed by atoms with Crippen molar-refractivity contribution >= 4 is 5.91 Å². The Morgan fingerprint density at radius 2 is 2.27 bits per heavy atom. The second-order valence-electron chi connectivity index (χ2n) is 6.42. The molecule has 1 aromatic rings. The molecule has 5 heteroatoms. The molecule has 2 rings (SSSR count). The van der Waals surface area contributed by atoms with Crippen molar-refractivity contribution in [3.05, 3.63) is 30.1 Å². The first kappa shape index (κ1) is 16.9. The fourth-order valence-electron chi connectivity index (χ4n) is 2.77. The van der Waals surface area contributed by atoms with Gasteiger partial charge in [-0.2, -0.15) is 0 Å². The van der Waals surface area contributed by atoms with Crippen LogP contribution in [0.3, 0.4) is 0 Å². The standard InChI is InChI=1S/C17H27N3O2/c1-12(2)20(4)11-13(3)19-17(21)15-7-9-22-16(15)14-6-5-8-18-10-14/h5-6,8,10,12-13,15-16H,7,9,11H2,1-4H3,(H,19,21)/t13-,15-,16+/m0/s1. The van der Waals surface area contributed by atoms with Gasteiger partial charge in [0, 0.05) is 37.6 Å². The average Bonchev–Trinajstić information content (AvgIpc) is 2.97. The zero-order chi connectivity index (χ0) is 16.1. The molecule has 3 atom stereocenters. The zero-order valence-corrected chi connectivity index (χ0v) is 14.0. The lowest BCUT2D eigenvalue weighted by Gasteiger charge is -2.27.